The second-order valence-corrected chi connectivity index (χ2v) is 4.84. The summed E-state index contributed by atoms with van der Waals surface area (Å²) < 4.78 is 30.6. The van der Waals surface area contributed by atoms with E-state index in [9.17, 15) is 8.42 Å². The van der Waals surface area contributed by atoms with Crippen molar-refractivity contribution in [1.29, 1.82) is 0 Å². The Kier molecular flexibility index (Phi) is 2.67. The van der Waals surface area contributed by atoms with Crippen LogP contribution in [0, 0.1) is 0 Å². The van der Waals surface area contributed by atoms with Gasteiger partial charge in [0.2, 0.25) is 10.0 Å². The molecule has 0 aliphatic heterocycles. The van der Waals surface area contributed by atoms with Crippen LogP contribution in [-0.2, 0) is 16.6 Å². The summed E-state index contributed by atoms with van der Waals surface area (Å²) in [6.45, 7) is 0.142. The molecule has 0 spiro atoms. The minimum Gasteiger partial charge on any atom is -0.472 e. The zero-order valence-corrected chi connectivity index (χ0v) is 8.99. The maximum atomic E-state index is 11.7. The number of aromatic nitrogens is 2. The van der Waals surface area contributed by atoms with Crippen LogP contribution in [0.5, 0.6) is 0 Å². The van der Waals surface area contributed by atoms with Gasteiger partial charge in [-0.05, 0) is 6.07 Å². The first-order valence-corrected chi connectivity index (χ1v) is 5.87. The molecule has 0 bridgehead atoms. The minimum absolute atomic E-state index is 0.0136. The van der Waals surface area contributed by atoms with Crippen molar-refractivity contribution in [2.24, 2.45) is 0 Å². The van der Waals surface area contributed by atoms with Gasteiger partial charge in [0.15, 0.2) is 0 Å². The van der Waals surface area contributed by atoms with E-state index in [0.29, 0.717) is 0 Å². The molecule has 0 saturated heterocycles. The summed E-state index contributed by atoms with van der Waals surface area (Å²) in [5, 5.41) is 5.90. The van der Waals surface area contributed by atoms with Crippen molar-refractivity contribution in [3.8, 4) is 0 Å². The predicted octanol–water partition coefficient (Wildman–Crippen LogP) is 0.0634. The SMILES string of the molecule is Nc1[nH]ncc1S(=O)(=O)NCc1ccoc1. The number of rotatable bonds is 4. The predicted molar refractivity (Wildman–Crippen MR) is 55.7 cm³/mol. The van der Waals surface area contributed by atoms with Crippen LogP contribution in [-0.4, -0.2) is 18.6 Å². The number of nitrogens with zero attached hydrogens (tertiary/aromatic N) is 1. The molecule has 2 aromatic rings. The summed E-state index contributed by atoms with van der Waals surface area (Å²) >= 11 is 0. The lowest BCUT2D eigenvalue weighted by molar-refractivity contribution is 0.561. The van der Waals surface area contributed by atoms with Crippen LogP contribution in [0.15, 0.2) is 34.1 Å². The van der Waals surface area contributed by atoms with Crippen LogP contribution in [0.4, 0.5) is 5.82 Å². The molecule has 0 atom stereocenters. The fourth-order valence-electron chi connectivity index (χ4n) is 1.15. The fourth-order valence-corrected chi connectivity index (χ4v) is 2.19. The van der Waals surface area contributed by atoms with Gasteiger partial charge in [0.25, 0.3) is 0 Å². The Balaban J connectivity index is 2.13. The number of anilines is 1. The number of hydrogen-bond acceptors (Lipinski definition) is 5. The molecular weight excluding hydrogens is 232 g/mol. The van der Waals surface area contributed by atoms with Crippen molar-refractivity contribution in [2.45, 2.75) is 11.4 Å². The van der Waals surface area contributed by atoms with Gasteiger partial charge >= 0.3 is 0 Å². The van der Waals surface area contributed by atoms with Crippen molar-refractivity contribution < 1.29 is 12.8 Å². The van der Waals surface area contributed by atoms with Crippen molar-refractivity contribution in [3.05, 3.63) is 30.4 Å². The normalized spacial score (nSPS) is 11.8. The Morgan fingerprint density at radius 3 is 2.94 bits per heavy atom. The maximum absolute atomic E-state index is 11.7. The first-order valence-electron chi connectivity index (χ1n) is 4.39. The highest BCUT2D eigenvalue weighted by molar-refractivity contribution is 7.89. The Morgan fingerprint density at radius 1 is 1.56 bits per heavy atom. The standard InChI is InChI=1S/C8H10N4O3S/c9-8-7(4-10-12-8)16(13,14)11-3-6-1-2-15-5-6/h1-2,4-5,11H,3H2,(H3,9,10,12). The lowest BCUT2D eigenvalue weighted by Crippen LogP contribution is -2.23. The number of nitrogen functional groups attached to an aromatic ring is 1. The van der Waals surface area contributed by atoms with Gasteiger partial charge < -0.3 is 10.2 Å². The largest absolute Gasteiger partial charge is 0.472 e. The second kappa shape index (κ2) is 3.99. The smallest absolute Gasteiger partial charge is 0.246 e. The molecule has 16 heavy (non-hydrogen) atoms. The van der Waals surface area contributed by atoms with Gasteiger partial charge in [0, 0.05) is 12.1 Å². The highest BCUT2D eigenvalue weighted by atomic mass is 32.2. The molecule has 0 fully saturated rings. The Morgan fingerprint density at radius 2 is 2.38 bits per heavy atom. The first kappa shape index (κ1) is 10.7. The van der Waals surface area contributed by atoms with E-state index >= 15 is 0 Å². The molecule has 2 heterocycles. The van der Waals surface area contributed by atoms with E-state index in [2.05, 4.69) is 14.9 Å². The number of nitrogens with one attached hydrogen (secondary N) is 2. The average Bonchev–Trinajstić information content (AvgIpc) is 2.85. The van der Waals surface area contributed by atoms with E-state index in [0.717, 1.165) is 11.8 Å². The van der Waals surface area contributed by atoms with E-state index in [1.54, 1.807) is 6.07 Å². The van der Waals surface area contributed by atoms with E-state index in [1.807, 2.05) is 0 Å². The third-order valence-corrected chi connectivity index (χ3v) is 3.40. The highest BCUT2D eigenvalue weighted by Gasteiger charge is 2.18. The van der Waals surface area contributed by atoms with Crippen LogP contribution in [0.25, 0.3) is 0 Å². The topological polar surface area (TPSA) is 114 Å². The fraction of sp³-hybridized carbons (Fsp3) is 0.125. The summed E-state index contributed by atoms with van der Waals surface area (Å²) in [5.41, 5.74) is 6.15. The van der Waals surface area contributed by atoms with Gasteiger partial charge in [0.1, 0.15) is 10.7 Å². The van der Waals surface area contributed by atoms with Crippen molar-refractivity contribution in [2.75, 3.05) is 5.73 Å². The van der Waals surface area contributed by atoms with Crippen LogP contribution in [0.3, 0.4) is 0 Å². The summed E-state index contributed by atoms with van der Waals surface area (Å²) in [5.74, 6) is 0.0136. The van der Waals surface area contributed by atoms with Gasteiger partial charge in [-0.1, -0.05) is 0 Å². The molecule has 2 aromatic heterocycles. The lowest BCUT2D eigenvalue weighted by atomic mass is 10.4. The summed E-state index contributed by atoms with van der Waals surface area (Å²) in [6.07, 6.45) is 4.09. The molecule has 0 unspecified atom stereocenters. The monoisotopic (exact) mass is 242 g/mol. The van der Waals surface area contributed by atoms with E-state index < -0.39 is 10.0 Å². The van der Waals surface area contributed by atoms with Crippen LogP contribution in [0.2, 0.25) is 0 Å². The molecule has 0 aliphatic rings. The lowest BCUT2D eigenvalue weighted by Gasteiger charge is -2.03. The Bertz CT molecular complexity index is 558. The molecule has 8 heteroatoms. The molecule has 0 amide bonds. The van der Waals surface area contributed by atoms with Crippen molar-refractivity contribution in [3.63, 3.8) is 0 Å². The van der Waals surface area contributed by atoms with Crippen molar-refractivity contribution in [1.82, 2.24) is 14.9 Å². The van der Waals surface area contributed by atoms with Crippen LogP contribution in [0.1, 0.15) is 5.56 Å². The van der Waals surface area contributed by atoms with Gasteiger partial charge in [0.05, 0.1) is 18.7 Å². The van der Waals surface area contributed by atoms with Gasteiger partial charge in [-0.15, -0.1) is 0 Å². The maximum Gasteiger partial charge on any atom is 0.246 e. The number of furan rings is 1. The van der Waals surface area contributed by atoms with Crippen LogP contribution < -0.4 is 10.5 Å². The summed E-state index contributed by atoms with van der Waals surface area (Å²) in [4.78, 5) is -0.0593. The number of H-pyrrole nitrogens is 1. The molecule has 4 N–H and O–H groups in total. The highest BCUT2D eigenvalue weighted by Crippen LogP contribution is 2.14. The quantitative estimate of drug-likeness (QED) is 0.701. The third-order valence-electron chi connectivity index (χ3n) is 1.97. The number of nitrogens with two attached hydrogens (primary N) is 1. The Labute approximate surface area is 91.7 Å². The van der Waals surface area contributed by atoms with E-state index in [1.165, 1.54) is 12.5 Å². The van der Waals surface area contributed by atoms with Gasteiger partial charge in [-0.2, -0.15) is 5.10 Å². The van der Waals surface area contributed by atoms with Gasteiger partial charge in [-0.3, -0.25) is 5.10 Å². The average molecular weight is 242 g/mol. The van der Waals surface area contributed by atoms with Crippen LogP contribution >= 0.6 is 0 Å². The number of hydrogen-bond donors (Lipinski definition) is 3. The zero-order valence-electron chi connectivity index (χ0n) is 8.17. The minimum atomic E-state index is -3.63. The molecular formula is C8H10N4O3S. The molecule has 86 valence electrons. The number of aromatic amines is 1. The van der Waals surface area contributed by atoms with Gasteiger partial charge in [-0.25, -0.2) is 13.1 Å². The molecule has 0 radical (unpaired) electrons. The Hall–Kier alpha value is -1.80. The summed E-state index contributed by atoms with van der Waals surface area (Å²) in [6, 6.07) is 1.67. The van der Waals surface area contributed by atoms with E-state index in [-0.39, 0.29) is 17.3 Å². The van der Waals surface area contributed by atoms with Crippen molar-refractivity contribution >= 4 is 15.8 Å². The molecule has 0 aliphatic carbocycles. The molecule has 7 nitrogen and oxygen atoms in total. The molecule has 0 aromatic carbocycles. The second-order valence-electron chi connectivity index (χ2n) is 3.10. The zero-order chi connectivity index (χ0) is 11.6. The molecule has 0 saturated carbocycles. The first-order chi connectivity index (χ1) is 7.59. The summed E-state index contributed by atoms with van der Waals surface area (Å²) in [7, 11) is -3.63. The van der Waals surface area contributed by atoms with E-state index in [4.69, 9.17) is 10.2 Å². The third kappa shape index (κ3) is 2.07. The number of sulfonamides is 1. The molecule has 2 rings (SSSR count).